The van der Waals surface area contributed by atoms with Crippen molar-refractivity contribution in [3.05, 3.63) is 0 Å². The smallest absolute Gasteiger partial charge is 0.315 e. The molecule has 82 valence electrons. The van der Waals surface area contributed by atoms with Crippen LogP contribution >= 0.6 is 0 Å². The second kappa shape index (κ2) is 7.35. The van der Waals surface area contributed by atoms with Crippen LogP contribution in [-0.4, -0.2) is 25.5 Å². The summed E-state index contributed by atoms with van der Waals surface area (Å²) < 4.78 is 4.37. The Morgan fingerprint density at radius 3 is 2.50 bits per heavy atom. The van der Waals surface area contributed by atoms with Crippen molar-refractivity contribution in [2.75, 3.05) is 13.7 Å². The first kappa shape index (κ1) is 12.9. The summed E-state index contributed by atoms with van der Waals surface area (Å²) in [5.41, 5.74) is 0. The predicted octanol–water partition coefficient (Wildman–Crippen LogP) is 1.10. The average Bonchev–Trinajstić information content (AvgIpc) is 2.12. The summed E-state index contributed by atoms with van der Waals surface area (Å²) in [5.74, 6) is -0.112. The lowest BCUT2D eigenvalue weighted by atomic mass is 10.1. The van der Waals surface area contributed by atoms with Crippen molar-refractivity contribution >= 4 is 11.9 Å². The minimum absolute atomic E-state index is 0.182. The Bertz CT molecular complexity index is 190. The van der Waals surface area contributed by atoms with Crippen LogP contribution in [-0.2, 0) is 14.3 Å². The lowest BCUT2D eigenvalue weighted by Gasteiger charge is -2.05. The van der Waals surface area contributed by atoms with Gasteiger partial charge < -0.3 is 10.1 Å². The van der Waals surface area contributed by atoms with Gasteiger partial charge in [0.15, 0.2) is 0 Å². The number of rotatable bonds is 6. The summed E-state index contributed by atoms with van der Waals surface area (Å²) in [6, 6.07) is 0. The molecule has 0 aliphatic heterocycles. The minimum Gasteiger partial charge on any atom is -0.469 e. The summed E-state index contributed by atoms with van der Waals surface area (Å²) in [7, 11) is 1.27. The van der Waals surface area contributed by atoms with Gasteiger partial charge in [-0.05, 0) is 18.8 Å². The lowest BCUT2D eigenvalue weighted by Crippen LogP contribution is -2.27. The van der Waals surface area contributed by atoms with E-state index in [1.54, 1.807) is 0 Å². The van der Waals surface area contributed by atoms with Crippen LogP contribution < -0.4 is 5.32 Å². The zero-order chi connectivity index (χ0) is 11.0. The van der Waals surface area contributed by atoms with Crippen LogP contribution in [0, 0.1) is 5.92 Å². The van der Waals surface area contributed by atoms with Gasteiger partial charge >= 0.3 is 5.97 Å². The molecule has 0 aromatic rings. The number of carbonyl (C=O) groups is 2. The topological polar surface area (TPSA) is 55.4 Å². The molecule has 0 fully saturated rings. The predicted molar refractivity (Wildman–Crippen MR) is 53.7 cm³/mol. The maximum Gasteiger partial charge on any atom is 0.315 e. The fourth-order valence-corrected chi connectivity index (χ4v) is 1.00. The molecular formula is C10H19NO3. The van der Waals surface area contributed by atoms with E-state index in [2.05, 4.69) is 23.9 Å². The molecule has 0 atom stereocenters. The first-order chi connectivity index (χ1) is 6.56. The van der Waals surface area contributed by atoms with Gasteiger partial charge in [0.05, 0.1) is 7.11 Å². The molecule has 0 spiro atoms. The maximum absolute atomic E-state index is 11.0. The molecule has 0 aliphatic rings. The van der Waals surface area contributed by atoms with E-state index in [-0.39, 0.29) is 12.3 Å². The van der Waals surface area contributed by atoms with E-state index in [4.69, 9.17) is 0 Å². The third-order valence-corrected chi connectivity index (χ3v) is 1.81. The molecule has 4 heteroatoms. The van der Waals surface area contributed by atoms with Crippen molar-refractivity contribution in [1.29, 1.82) is 0 Å². The van der Waals surface area contributed by atoms with E-state index >= 15 is 0 Å². The third kappa shape index (κ3) is 7.58. The highest BCUT2D eigenvalue weighted by Crippen LogP contribution is 2.01. The number of hydrogen-bond acceptors (Lipinski definition) is 3. The Morgan fingerprint density at radius 1 is 1.36 bits per heavy atom. The first-order valence-electron chi connectivity index (χ1n) is 4.89. The van der Waals surface area contributed by atoms with Crippen molar-refractivity contribution < 1.29 is 14.3 Å². The standard InChI is InChI=1S/C10H19NO3/c1-8(2)5-4-6-11-9(12)7-10(13)14-3/h8H,4-7H2,1-3H3,(H,11,12). The van der Waals surface area contributed by atoms with Gasteiger partial charge in [-0.1, -0.05) is 13.8 Å². The van der Waals surface area contributed by atoms with Crippen LogP contribution in [0.25, 0.3) is 0 Å². The van der Waals surface area contributed by atoms with Crippen LogP contribution in [0.3, 0.4) is 0 Å². The molecule has 0 aromatic heterocycles. The molecule has 0 saturated heterocycles. The molecule has 1 amide bonds. The fourth-order valence-electron chi connectivity index (χ4n) is 1.00. The van der Waals surface area contributed by atoms with E-state index in [1.807, 2.05) is 0 Å². The zero-order valence-corrected chi connectivity index (χ0v) is 9.13. The molecule has 0 heterocycles. The number of methoxy groups -OCH3 is 1. The Balaban J connectivity index is 3.40. The number of carbonyl (C=O) groups excluding carboxylic acids is 2. The van der Waals surface area contributed by atoms with Gasteiger partial charge in [-0.15, -0.1) is 0 Å². The Hall–Kier alpha value is -1.06. The molecule has 0 aliphatic carbocycles. The van der Waals surface area contributed by atoms with Gasteiger partial charge in [0, 0.05) is 6.54 Å². The van der Waals surface area contributed by atoms with Crippen LogP contribution in [0.4, 0.5) is 0 Å². The van der Waals surface area contributed by atoms with E-state index in [1.165, 1.54) is 7.11 Å². The molecule has 0 aromatic carbocycles. The average molecular weight is 201 g/mol. The largest absolute Gasteiger partial charge is 0.469 e. The Kier molecular flexibility index (Phi) is 6.80. The Labute approximate surface area is 85.0 Å². The molecular weight excluding hydrogens is 182 g/mol. The number of hydrogen-bond donors (Lipinski definition) is 1. The van der Waals surface area contributed by atoms with Gasteiger partial charge in [-0.25, -0.2) is 0 Å². The fraction of sp³-hybridized carbons (Fsp3) is 0.800. The van der Waals surface area contributed by atoms with Crippen molar-refractivity contribution in [1.82, 2.24) is 5.32 Å². The van der Waals surface area contributed by atoms with Crippen LogP contribution in [0.2, 0.25) is 0 Å². The monoisotopic (exact) mass is 201 g/mol. The molecule has 1 N–H and O–H groups in total. The van der Waals surface area contributed by atoms with Gasteiger partial charge in [-0.3, -0.25) is 9.59 Å². The van der Waals surface area contributed by atoms with E-state index in [9.17, 15) is 9.59 Å². The second-order valence-electron chi connectivity index (χ2n) is 3.64. The van der Waals surface area contributed by atoms with Crippen molar-refractivity contribution in [3.8, 4) is 0 Å². The summed E-state index contributed by atoms with van der Waals surface area (Å²) in [6.07, 6.45) is 1.85. The third-order valence-electron chi connectivity index (χ3n) is 1.81. The van der Waals surface area contributed by atoms with Crippen LogP contribution in [0.1, 0.15) is 33.1 Å². The molecule has 14 heavy (non-hydrogen) atoms. The maximum atomic E-state index is 11.0. The van der Waals surface area contributed by atoms with Crippen LogP contribution in [0.15, 0.2) is 0 Å². The molecule has 0 bridgehead atoms. The molecule has 0 rings (SSSR count). The van der Waals surface area contributed by atoms with Crippen LogP contribution in [0.5, 0.6) is 0 Å². The normalized spacial score (nSPS) is 10.0. The van der Waals surface area contributed by atoms with E-state index in [0.717, 1.165) is 12.8 Å². The highest BCUT2D eigenvalue weighted by atomic mass is 16.5. The number of esters is 1. The molecule has 0 radical (unpaired) electrons. The summed E-state index contributed by atoms with van der Waals surface area (Å²) in [4.78, 5) is 21.7. The number of amides is 1. The summed E-state index contributed by atoms with van der Waals surface area (Å²) in [6.45, 7) is 4.90. The van der Waals surface area contributed by atoms with Gasteiger partial charge in [-0.2, -0.15) is 0 Å². The molecule has 0 saturated carbocycles. The van der Waals surface area contributed by atoms with Crippen molar-refractivity contribution in [2.45, 2.75) is 33.1 Å². The zero-order valence-electron chi connectivity index (χ0n) is 9.13. The van der Waals surface area contributed by atoms with Gasteiger partial charge in [0.2, 0.25) is 5.91 Å². The first-order valence-corrected chi connectivity index (χ1v) is 4.89. The van der Waals surface area contributed by atoms with E-state index < -0.39 is 5.97 Å². The quantitative estimate of drug-likeness (QED) is 0.398. The second-order valence-corrected chi connectivity index (χ2v) is 3.64. The van der Waals surface area contributed by atoms with Gasteiger partial charge in [0.25, 0.3) is 0 Å². The summed E-state index contributed by atoms with van der Waals surface area (Å²) in [5, 5.41) is 2.66. The minimum atomic E-state index is -0.494. The summed E-state index contributed by atoms with van der Waals surface area (Å²) >= 11 is 0. The number of ether oxygens (including phenoxy) is 1. The van der Waals surface area contributed by atoms with Crippen molar-refractivity contribution in [3.63, 3.8) is 0 Å². The van der Waals surface area contributed by atoms with Crippen molar-refractivity contribution in [2.24, 2.45) is 5.92 Å². The van der Waals surface area contributed by atoms with Gasteiger partial charge in [0.1, 0.15) is 6.42 Å². The van der Waals surface area contributed by atoms with E-state index in [0.29, 0.717) is 12.5 Å². The Morgan fingerprint density at radius 2 is 2.00 bits per heavy atom. The highest BCUT2D eigenvalue weighted by molar-refractivity contribution is 5.94. The highest BCUT2D eigenvalue weighted by Gasteiger charge is 2.07. The number of nitrogens with one attached hydrogen (secondary N) is 1. The lowest BCUT2D eigenvalue weighted by molar-refractivity contribution is -0.143. The molecule has 4 nitrogen and oxygen atoms in total. The molecule has 0 unspecified atom stereocenters. The SMILES string of the molecule is COC(=O)CC(=O)NCCCC(C)C.